The predicted molar refractivity (Wildman–Crippen MR) is 95.1 cm³/mol. The van der Waals surface area contributed by atoms with Gasteiger partial charge in [-0.05, 0) is 36.5 Å². The lowest BCUT2D eigenvalue weighted by molar-refractivity contribution is -0.141. The van der Waals surface area contributed by atoms with Gasteiger partial charge in [0.1, 0.15) is 5.69 Å². The van der Waals surface area contributed by atoms with Crippen molar-refractivity contribution in [1.29, 1.82) is 0 Å². The molecule has 6 nitrogen and oxygen atoms in total. The van der Waals surface area contributed by atoms with Gasteiger partial charge in [-0.2, -0.15) is 13.2 Å². The Hall–Kier alpha value is -2.68. The summed E-state index contributed by atoms with van der Waals surface area (Å²) in [6.07, 6.45) is -2.69. The minimum absolute atomic E-state index is 0.255. The average Bonchev–Trinajstić information content (AvgIpc) is 3.32. The Kier molecular flexibility index (Phi) is 4.06. The molecule has 0 radical (unpaired) electrons. The summed E-state index contributed by atoms with van der Waals surface area (Å²) in [6, 6.07) is 7.11. The van der Waals surface area contributed by atoms with E-state index in [9.17, 15) is 18.0 Å². The van der Waals surface area contributed by atoms with Crippen molar-refractivity contribution in [2.75, 3.05) is 12.4 Å². The smallest absolute Gasteiger partial charge is 0.433 e. The number of hydrogen-bond donors (Lipinski definition) is 1. The molecule has 3 aliphatic rings. The zero-order valence-corrected chi connectivity index (χ0v) is 15.4. The van der Waals surface area contributed by atoms with Crippen LogP contribution in [0.2, 0.25) is 0 Å². The van der Waals surface area contributed by atoms with E-state index in [0.29, 0.717) is 23.4 Å². The van der Waals surface area contributed by atoms with Crippen LogP contribution in [0.3, 0.4) is 0 Å². The topological polar surface area (TPSA) is 73.3 Å². The molecular weight excluding hydrogens is 387 g/mol. The lowest BCUT2D eigenvalue weighted by Crippen LogP contribution is -2.37. The van der Waals surface area contributed by atoms with Gasteiger partial charge in [0.05, 0.1) is 37.1 Å². The van der Waals surface area contributed by atoms with Crippen LogP contribution < -0.4 is 10.1 Å². The highest BCUT2D eigenvalue weighted by atomic mass is 19.4. The van der Waals surface area contributed by atoms with Crippen LogP contribution in [0.5, 0.6) is 5.88 Å². The fraction of sp³-hybridized carbons (Fsp3) is 0.450. The van der Waals surface area contributed by atoms with Crippen molar-refractivity contribution in [1.82, 2.24) is 9.97 Å². The van der Waals surface area contributed by atoms with Gasteiger partial charge in [-0.15, -0.1) is 0 Å². The van der Waals surface area contributed by atoms with Crippen molar-refractivity contribution < 1.29 is 27.4 Å². The molecule has 152 valence electrons. The minimum Gasteiger partial charge on any atom is -0.481 e. The highest BCUT2D eigenvalue weighted by Gasteiger charge is 2.69. The van der Waals surface area contributed by atoms with Crippen LogP contribution in [0.15, 0.2) is 36.5 Å². The third-order valence-electron chi connectivity index (χ3n) is 6.06. The summed E-state index contributed by atoms with van der Waals surface area (Å²) in [6.45, 7) is 0. The summed E-state index contributed by atoms with van der Waals surface area (Å²) in [5.74, 6) is -0.379. The molecule has 2 aromatic rings. The molecule has 0 aromatic carbocycles. The highest BCUT2D eigenvalue weighted by molar-refractivity contribution is 5.94. The van der Waals surface area contributed by atoms with Crippen LogP contribution >= 0.6 is 0 Å². The normalized spacial score (nSPS) is 32.0. The fourth-order valence-electron chi connectivity index (χ4n) is 4.75. The van der Waals surface area contributed by atoms with Gasteiger partial charge in [0, 0.05) is 17.7 Å². The SMILES string of the molecule is COc1ccc(NC(=O)[C@H]2[C@@H]3O[C@@H]([C@H]4C[C@H]43)[C@@H]2c2cccc(C(F)(F)F)n2)cn1. The maximum absolute atomic E-state index is 13.1. The Bertz CT molecular complexity index is 950. The number of ether oxygens (including phenoxy) is 2. The summed E-state index contributed by atoms with van der Waals surface area (Å²) in [5.41, 5.74) is -0.212. The Morgan fingerprint density at radius 1 is 1.21 bits per heavy atom. The first-order valence-electron chi connectivity index (χ1n) is 9.37. The highest BCUT2D eigenvalue weighted by Crippen LogP contribution is 2.65. The van der Waals surface area contributed by atoms with E-state index in [1.807, 2.05) is 0 Å². The number of halogens is 3. The molecule has 0 unspecified atom stereocenters. The van der Waals surface area contributed by atoms with E-state index < -0.39 is 23.7 Å². The molecule has 0 spiro atoms. The predicted octanol–water partition coefficient (Wildman–Crippen LogP) is 3.26. The van der Waals surface area contributed by atoms with Gasteiger partial charge < -0.3 is 14.8 Å². The third-order valence-corrected chi connectivity index (χ3v) is 6.06. The van der Waals surface area contributed by atoms with Gasteiger partial charge >= 0.3 is 6.18 Å². The van der Waals surface area contributed by atoms with Gasteiger partial charge in [-0.1, -0.05) is 6.07 Å². The van der Waals surface area contributed by atoms with E-state index in [1.54, 1.807) is 18.2 Å². The second-order valence-electron chi connectivity index (χ2n) is 7.70. The first kappa shape index (κ1) is 18.4. The standard InChI is InChI=1S/C20H18F3N3O3/c1-28-14-6-5-9(8-24-14)25-19(27)16-15(17-10-7-11(10)18(16)29-17)12-3-2-4-13(26-12)20(21,22)23/h2-6,8,10-11,15-18H,7H2,1H3,(H,25,27)/t10-,11+,15+,16+,17-,18+/m0/s1. The number of fused-ring (bicyclic) bond motifs is 5. The Balaban J connectivity index is 1.44. The van der Waals surface area contributed by atoms with Crippen LogP contribution in [0.25, 0.3) is 0 Å². The molecule has 29 heavy (non-hydrogen) atoms. The average molecular weight is 405 g/mol. The molecule has 2 aromatic heterocycles. The number of hydrogen-bond acceptors (Lipinski definition) is 5. The van der Waals surface area contributed by atoms with Gasteiger partial charge in [-0.3, -0.25) is 4.79 Å². The summed E-state index contributed by atoms with van der Waals surface area (Å²) < 4.78 is 50.4. The summed E-state index contributed by atoms with van der Waals surface area (Å²) in [5, 5.41) is 2.82. The van der Waals surface area contributed by atoms with Crippen LogP contribution in [0.4, 0.5) is 18.9 Å². The second-order valence-corrected chi connectivity index (χ2v) is 7.70. The molecule has 3 fully saturated rings. The van der Waals surface area contributed by atoms with Crippen molar-refractivity contribution in [3.63, 3.8) is 0 Å². The first-order chi connectivity index (χ1) is 13.9. The molecule has 2 saturated heterocycles. The number of nitrogens with zero attached hydrogens (tertiary/aromatic N) is 2. The molecule has 1 amide bonds. The lowest BCUT2D eigenvalue weighted by Gasteiger charge is -2.27. The number of carbonyl (C=O) groups excluding carboxylic acids is 1. The largest absolute Gasteiger partial charge is 0.481 e. The molecule has 5 rings (SSSR count). The Morgan fingerprint density at radius 3 is 2.69 bits per heavy atom. The quantitative estimate of drug-likeness (QED) is 0.845. The number of rotatable bonds is 4. The van der Waals surface area contributed by atoms with E-state index in [0.717, 1.165) is 12.5 Å². The van der Waals surface area contributed by atoms with Crippen LogP contribution in [-0.4, -0.2) is 35.2 Å². The van der Waals surface area contributed by atoms with E-state index in [2.05, 4.69) is 15.3 Å². The number of aromatic nitrogens is 2. The zero-order valence-electron chi connectivity index (χ0n) is 15.4. The molecule has 2 aliphatic heterocycles. The molecule has 1 saturated carbocycles. The van der Waals surface area contributed by atoms with E-state index >= 15 is 0 Å². The maximum atomic E-state index is 13.1. The maximum Gasteiger partial charge on any atom is 0.433 e. The molecule has 1 N–H and O–H groups in total. The summed E-state index contributed by atoms with van der Waals surface area (Å²) >= 11 is 0. The van der Waals surface area contributed by atoms with Gasteiger partial charge in [0.25, 0.3) is 0 Å². The van der Waals surface area contributed by atoms with Crippen LogP contribution in [0.1, 0.15) is 23.7 Å². The van der Waals surface area contributed by atoms with E-state index in [1.165, 1.54) is 19.4 Å². The van der Waals surface area contributed by atoms with Gasteiger partial charge in [0.15, 0.2) is 0 Å². The van der Waals surface area contributed by atoms with Gasteiger partial charge in [-0.25, -0.2) is 9.97 Å². The third kappa shape index (κ3) is 3.04. The van der Waals surface area contributed by atoms with Gasteiger partial charge in [0.2, 0.25) is 11.8 Å². The number of anilines is 1. The van der Waals surface area contributed by atoms with Crippen molar-refractivity contribution in [3.05, 3.63) is 47.9 Å². The summed E-state index contributed by atoms with van der Waals surface area (Å²) in [4.78, 5) is 21.0. The molecule has 4 heterocycles. The van der Waals surface area contributed by atoms with Crippen LogP contribution in [0, 0.1) is 17.8 Å². The number of nitrogens with one attached hydrogen (secondary N) is 1. The van der Waals surface area contributed by atoms with Crippen molar-refractivity contribution >= 4 is 11.6 Å². The molecule has 2 bridgehead atoms. The Morgan fingerprint density at radius 2 is 2.00 bits per heavy atom. The molecule has 1 aliphatic carbocycles. The number of alkyl halides is 3. The Labute approximate surface area is 164 Å². The number of carbonyl (C=O) groups is 1. The second kappa shape index (κ2) is 6.41. The lowest BCUT2D eigenvalue weighted by atomic mass is 9.76. The van der Waals surface area contributed by atoms with Crippen molar-refractivity contribution in [3.8, 4) is 5.88 Å². The zero-order chi connectivity index (χ0) is 20.3. The number of amides is 1. The van der Waals surface area contributed by atoms with Crippen LogP contribution in [-0.2, 0) is 15.7 Å². The molecular formula is C20H18F3N3O3. The van der Waals surface area contributed by atoms with E-state index in [-0.39, 0.29) is 23.8 Å². The van der Waals surface area contributed by atoms with E-state index in [4.69, 9.17) is 9.47 Å². The molecule has 9 heteroatoms. The number of methoxy groups -OCH3 is 1. The summed E-state index contributed by atoms with van der Waals surface area (Å²) in [7, 11) is 1.49. The first-order valence-corrected chi connectivity index (χ1v) is 9.37. The van der Waals surface area contributed by atoms with Crippen molar-refractivity contribution in [2.24, 2.45) is 17.8 Å². The number of pyridine rings is 2. The molecule has 6 atom stereocenters. The monoisotopic (exact) mass is 405 g/mol. The van der Waals surface area contributed by atoms with Crippen molar-refractivity contribution in [2.45, 2.75) is 30.7 Å². The minimum atomic E-state index is -4.54. The fourth-order valence-corrected chi connectivity index (χ4v) is 4.75.